The maximum atomic E-state index is 14.4. The molecule has 1 saturated heterocycles. The van der Waals surface area contributed by atoms with Crippen LogP contribution in [-0.2, 0) is 18.0 Å². The van der Waals surface area contributed by atoms with E-state index < -0.39 is 55.6 Å². The number of hydrogen-bond acceptors (Lipinski definition) is 7. The summed E-state index contributed by atoms with van der Waals surface area (Å²) in [6, 6.07) is 0. The van der Waals surface area contributed by atoms with Crippen LogP contribution in [0.5, 0.6) is 0 Å². The molecule has 0 saturated carbocycles. The standard InChI is InChI=1S/C28H52ClFN4O4Si3/c1-26(2,3)39(10,11)35-16-18-20(37-40(12,13)27(4,5)6)21(38-41(14,15)28(7,8)9)24(36-18)34-17-31-19-22(29)32-25(30)33-23(19)34/h17-18,20-21,24H,16H2,1-15H3/t18-,20-,21-,24-/m1/s1. The molecular weight excluding hydrogens is 595 g/mol. The van der Waals surface area contributed by atoms with Gasteiger partial charge in [0.05, 0.1) is 12.9 Å². The Bertz CT molecular complexity index is 1240. The Morgan fingerprint density at radius 3 is 1.80 bits per heavy atom. The van der Waals surface area contributed by atoms with Gasteiger partial charge in [-0.15, -0.1) is 0 Å². The van der Waals surface area contributed by atoms with Gasteiger partial charge in [-0.2, -0.15) is 14.4 Å². The van der Waals surface area contributed by atoms with Gasteiger partial charge in [0.15, 0.2) is 42.0 Å². The minimum Gasteiger partial charge on any atom is -0.414 e. The zero-order valence-electron chi connectivity index (χ0n) is 27.8. The number of aromatic nitrogens is 4. The van der Waals surface area contributed by atoms with Crippen LogP contribution >= 0.6 is 11.6 Å². The van der Waals surface area contributed by atoms with Crippen LogP contribution in [0.2, 0.25) is 59.5 Å². The van der Waals surface area contributed by atoms with Crippen LogP contribution in [0, 0.1) is 6.08 Å². The van der Waals surface area contributed by atoms with Crippen molar-refractivity contribution < 1.29 is 22.4 Å². The van der Waals surface area contributed by atoms with E-state index in [2.05, 4.69) is 117 Å². The van der Waals surface area contributed by atoms with Crippen LogP contribution in [0.1, 0.15) is 68.5 Å². The topological polar surface area (TPSA) is 80.5 Å². The lowest BCUT2D eigenvalue weighted by Crippen LogP contribution is -2.54. The molecule has 1 aliphatic heterocycles. The molecular formula is C28H52ClFN4O4Si3. The van der Waals surface area contributed by atoms with Crippen LogP contribution in [0.15, 0.2) is 6.33 Å². The molecule has 1 fully saturated rings. The maximum Gasteiger partial charge on any atom is 0.312 e. The lowest BCUT2D eigenvalue weighted by atomic mass is 10.1. The number of halogens is 2. The lowest BCUT2D eigenvalue weighted by molar-refractivity contribution is -0.0470. The van der Waals surface area contributed by atoms with Gasteiger partial charge in [0.1, 0.15) is 23.8 Å². The Kier molecular flexibility index (Phi) is 9.59. The summed E-state index contributed by atoms with van der Waals surface area (Å²) in [5.41, 5.74) is 0.568. The molecule has 3 rings (SSSR count). The number of ether oxygens (including phenoxy) is 1. The van der Waals surface area contributed by atoms with Gasteiger partial charge in [0.2, 0.25) is 0 Å². The fraction of sp³-hybridized carbons (Fsp3) is 0.821. The number of imidazole rings is 1. The highest BCUT2D eigenvalue weighted by molar-refractivity contribution is 6.75. The molecule has 41 heavy (non-hydrogen) atoms. The molecule has 0 spiro atoms. The molecule has 0 aliphatic carbocycles. The van der Waals surface area contributed by atoms with E-state index >= 15 is 0 Å². The molecule has 13 heteroatoms. The molecule has 234 valence electrons. The summed E-state index contributed by atoms with van der Waals surface area (Å²) in [7, 11) is -6.74. The SMILES string of the molecule is CC(C)(C)[Si](C)(C)OC[C@H]1O[C@@H](n2cnc3c(Cl)nc(F)nc32)[C@H](O[Si](C)(C)C(C)(C)C)[C@@H]1O[Si](C)(C)C(C)(C)C. The molecule has 8 nitrogen and oxygen atoms in total. The van der Waals surface area contributed by atoms with Crippen LogP contribution in [0.4, 0.5) is 4.39 Å². The normalized spacial score (nSPS) is 23.5. The van der Waals surface area contributed by atoms with Crippen molar-refractivity contribution in [2.75, 3.05) is 6.61 Å². The van der Waals surface area contributed by atoms with Crippen molar-refractivity contribution in [1.82, 2.24) is 19.5 Å². The minimum atomic E-state index is -2.34. The fourth-order valence-corrected chi connectivity index (χ4v) is 7.74. The summed E-state index contributed by atoms with van der Waals surface area (Å²) in [5.74, 6) is 0. The third kappa shape index (κ3) is 7.16. The molecule has 4 atom stereocenters. The van der Waals surface area contributed by atoms with E-state index in [-0.39, 0.29) is 25.9 Å². The summed E-state index contributed by atoms with van der Waals surface area (Å²) in [5, 5.41) is -0.117. The summed E-state index contributed by atoms with van der Waals surface area (Å²) >= 11 is 6.26. The first-order chi connectivity index (χ1) is 18.3. The molecule has 0 radical (unpaired) electrons. The number of fused-ring (bicyclic) bond motifs is 1. The number of hydrogen-bond donors (Lipinski definition) is 0. The van der Waals surface area contributed by atoms with Crippen molar-refractivity contribution in [3.05, 3.63) is 17.6 Å². The van der Waals surface area contributed by atoms with Gasteiger partial charge < -0.3 is 18.0 Å². The Balaban J connectivity index is 2.18. The first-order valence-electron chi connectivity index (χ1n) is 14.5. The monoisotopic (exact) mass is 646 g/mol. The Morgan fingerprint density at radius 2 is 1.32 bits per heavy atom. The average molecular weight is 647 g/mol. The Labute approximate surface area is 254 Å². The highest BCUT2D eigenvalue weighted by atomic mass is 35.5. The fourth-order valence-electron chi connectivity index (χ4n) is 3.92. The molecule has 0 N–H and O–H groups in total. The van der Waals surface area contributed by atoms with Gasteiger partial charge >= 0.3 is 6.08 Å². The van der Waals surface area contributed by atoms with Crippen molar-refractivity contribution in [2.24, 2.45) is 0 Å². The van der Waals surface area contributed by atoms with E-state index in [9.17, 15) is 4.39 Å². The van der Waals surface area contributed by atoms with E-state index in [1.165, 1.54) is 0 Å². The van der Waals surface area contributed by atoms with Gasteiger partial charge in [0, 0.05) is 0 Å². The van der Waals surface area contributed by atoms with Gasteiger partial charge in [-0.3, -0.25) is 4.57 Å². The molecule has 3 heterocycles. The summed E-state index contributed by atoms with van der Waals surface area (Å²) < 4.78 is 44.0. The zero-order chi connectivity index (χ0) is 31.6. The maximum absolute atomic E-state index is 14.4. The van der Waals surface area contributed by atoms with E-state index in [1.807, 2.05) is 0 Å². The van der Waals surface area contributed by atoms with Crippen LogP contribution in [-0.4, -0.2) is 69.4 Å². The van der Waals surface area contributed by atoms with Crippen LogP contribution < -0.4 is 0 Å². The number of nitrogens with zero attached hydrogens (tertiary/aromatic N) is 4. The first-order valence-corrected chi connectivity index (χ1v) is 23.6. The van der Waals surface area contributed by atoms with Gasteiger partial charge in [-0.05, 0) is 54.4 Å². The molecule has 0 aromatic carbocycles. The summed E-state index contributed by atoms with van der Waals surface area (Å²) in [6.07, 6.45) is -1.36. The predicted molar refractivity (Wildman–Crippen MR) is 171 cm³/mol. The van der Waals surface area contributed by atoms with Crippen molar-refractivity contribution in [3.8, 4) is 0 Å². The lowest BCUT2D eigenvalue weighted by Gasteiger charge is -2.44. The Hall–Kier alpha value is -0.739. The second-order valence-corrected chi connectivity index (χ2v) is 30.6. The summed E-state index contributed by atoms with van der Waals surface area (Å²) in [6.45, 7) is 33.7. The zero-order valence-corrected chi connectivity index (χ0v) is 31.5. The highest BCUT2D eigenvalue weighted by Gasteiger charge is 2.55. The van der Waals surface area contributed by atoms with Gasteiger partial charge in [-0.25, -0.2) is 4.98 Å². The smallest absolute Gasteiger partial charge is 0.312 e. The quantitative estimate of drug-likeness (QED) is 0.162. The molecule has 2 aromatic rings. The highest BCUT2D eigenvalue weighted by Crippen LogP contribution is 2.47. The number of rotatable bonds is 8. The molecule has 0 bridgehead atoms. The van der Waals surface area contributed by atoms with E-state index in [4.69, 9.17) is 29.6 Å². The van der Waals surface area contributed by atoms with Crippen molar-refractivity contribution in [3.63, 3.8) is 0 Å². The average Bonchev–Trinajstić information content (AvgIpc) is 3.31. The molecule has 1 aliphatic rings. The van der Waals surface area contributed by atoms with E-state index in [0.29, 0.717) is 12.1 Å². The predicted octanol–water partition coefficient (Wildman–Crippen LogP) is 8.32. The Morgan fingerprint density at radius 1 is 0.829 bits per heavy atom. The van der Waals surface area contributed by atoms with E-state index in [0.717, 1.165) is 0 Å². The van der Waals surface area contributed by atoms with Crippen molar-refractivity contribution in [2.45, 2.75) is 141 Å². The molecule has 0 amide bonds. The molecule has 2 aromatic heterocycles. The first kappa shape index (κ1) is 34.7. The van der Waals surface area contributed by atoms with Crippen LogP contribution in [0.3, 0.4) is 0 Å². The second-order valence-electron chi connectivity index (χ2n) is 15.9. The van der Waals surface area contributed by atoms with E-state index in [1.54, 1.807) is 10.9 Å². The third-order valence-electron chi connectivity index (χ3n) is 9.80. The van der Waals surface area contributed by atoms with Crippen molar-refractivity contribution >= 4 is 47.7 Å². The van der Waals surface area contributed by atoms with Crippen molar-refractivity contribution in [1.29, 1.82) is 0 Å². The van der Waals surface area contributed by atoms with Crippen LogP contribution in [0.25, 0.3) is 11.2 Å². The largest absolute Gasteiger partial charge is 0.414 e. The summed E-state index contributed by atoms with van der Waals surface area (Å²) in [4.78, 5) is 12.1. The molecule has 0 unspecified atom stereocenters. The second kappa shape index (κ2) is 11.3. The third-order valence-corrected chi connectivity index (χ3v) is 23.5. The van der Waals surface area contributed by atoms with Gasteiger partial charge in [-0.1, -0.05) is 73.9 Å². The minimum absolute atomic E-state index is 0.0313. The van der Waals surface area contributed by atoms with Gasteiger partial charge in [0.25, 0.3) is 0 Å².